The third-order valence-electron chi connectivity index (χ3n) is 3.93. The molecular formula is C15H19N3O4. The van der Waals surface area contributed by atoms with Gasteiger partial charge in [-0.1, -0.05) is 18.7 Å². The maximum Gasteiger partial charge on any atom is 0.260 e. The SMILES string of the molecule is C=C1N(C)C(=O)C(Cc2ccc(OC)cc2)(NO)C(=O)N1C. The first-order valence-electron chi connectivity index (χ1n) is 6.67. The number of nitrogens with one attached hydrogen (secondary N) is 1. The Morgan fingerprint density at radius 3 is 2.09 bits per heavy atom. The molecule has 0 saturated carbocycles. The fraction of sp³-hybridized carbons (Fsp3) is 0.333. The predicted molar refractivity (Wildman–Crippen MR) is 79.0 cm³/mol. The van der Waals surface area contributed by atoms with Crippen LogP contribution in [0.25, 0.3) is 0 Å². The third kappa shape index (κ3) is 2.34. The molecule has 2 N–H and O–H groups in total. The van der Waals surface area contributed by atoms with Gasteiger partial charge in [-0.2, -0.15) is 5.48 Å². The van der Waals surface area contributed by atoms with Crippen molar-refractivity contribution in [2.24, 2.45) is 0 Å². The lowest BCUT2D eigenvalue weighted by molar-refractivity contribution is -0.161. The van der Waals surface area contributed by atoms with Gasteiger partial charge in [-0.15, -0.1) is 0 Å². The summed E-state index contributed by atoms with van der Waals surface area (Å²) in [6.45, 7) is 3.69. The van der Waals surface area contributed by atoms with Crippen molar-refractivity contribution in [1.82, 2.24) is 15.3 Å². The van der Waals surface area contributed by atoms with Crippen LogP contribution < -0.4 is 10.2 Å². The first-order valence-corrected chi connectivity index (χ1v) is 6.67. The Morgan fingerprint density at radius 2 is 1.68 bits per heavy atom. The van der Waals surface area contributed by atoms with Gasteiger partial charge in [-0.25, -0.2) is 0 Å². The van der Waals surface area contributed by atoms with Gasteiger partial charge in [0.1, 0.15) is 11.6 Å². The van der Waals surface area contributed by atoms with Crippen molar-refractivity contribution in [3.8, 4) is 5.75 Å². The molecule has 1 fully saturated rings. The van der Waals surface area contributed by atoms with E-state index < -0.39 is 17.4 Å². The van der Waals surface area contributed by atoms with Crippen LogP contribution in [0.4, 0.5) is 0 Å². The van der Waals surface area contributed by atoms with Crippen LogP contribution in [0.1, 0.15) is 5.56 Å². The molecule has 2 amide bonds. The van der Waals surface area contributed by atoms with Crippen molar-refractivity contribution < 1.29 is 19.5 Å². The Balaban J connectivity index is 2.39. The zero-order valence-corrected chi connectivity index (χ0v) is 12.8. The van der Waals surface area contributed by atoms with Crippen molar-refractivity contribution in [1.29, 1.82) is 0 Å². The number of likely N-dealkylation sites (N-methyl/N-ethyl adjacent to an activating group) is 2. The summed E-state index contributed by atoms with van der Waals surface area (Å²) in [4.78, 5) is 27.6. The molecule has 0 radical (unpaired) electrons. The molecule has 7 heteroatoms. The highest BCUT2D eigenvalue weighted by Crippen LogP contribution is 2.27. The second-order valence-electron chi connectivity index (χ2n) is 5.19. The van der Waals surface area contributed by atoms with E-state index in [1.807, 2.05) is 5.48 Å². The summed E-state index contributed by atoms with van der Waals surface area (Å²) in [5.74, 6) is -0.188. The standard InChI is InChI=1S/C15H19N3O4/c1-10-17(2)13(19)15(16-21,14(20)18(10)3)9-11-5-7-12(22-4)8-6-11/h5-8,16,21H,1,9H2,2-4H3. The van der Waals surface area contributed by atoms with Gasteiger partial charge in [0.25, 0.3) is 11.8 Å². The van der Waals surface area contributed by atoms with Gasteiger partial charge in [-0.05, 0) is 17.7 Å². The molecule has 1 aromatic rings. The molecule has 1 saturated heterocycles. The van der Waals surface area contributed by atoms with Gasteiger partial charge in [0.15, 0.2) is 0 Å². The van der Waals surface area contributed by atoms with Gasteiger partial charge < -0.3 is 9.94 Å². The van der Waals surface area contributed by atoms with Crippen molar-refractivity contribution in [2.75, 3.05) is 21.2 Å². The molecule has 0 spiro atoms. The van der Waals surface area contributed by atoms with Crippen molar-refractivity contribution >= 4 is 11.8 Å². The van der Waals surface area contributed by atoms with Gasteiger partial charge in [0, 0.05) is 20.5 Å². The number of amides is 2. The highest BCUT2D eigenvalue weighted by atomic mass is 16.5. The van der Waals surface area contributed by atoms with Gasteiger partial charge >= 0.3 is 0 Å². The quantitative estimate of drug-likeness (QED) is 0.620. The number of hydroxylamine groups is 1. The Kier molecular flexibility index (Phi) is 4.20. The molecule has 0 aromatic heterocycles. The fourth-order valence-electron chi connectivity index (χ4n) is 2.46. The van der Waals surface area contributed by atoms with Crippen LogP contribution in [0.3, 0.4) is 0 Å². The molecule has 22 heavy (non-hydrogen) atoms. The number of benzene rings is 1. The summed E-state index contributed by atoms with van der Waals surface area (Å²) in [5, 5.41) is 9.57. The smallest absolute Gasteiger partial charge is 0.260 e. The average molecular weight is 305 g/mol. The lowest BCUT2D eigenvalue weighted by Crippen LogP contribution is -2.70. The van der Waals surface area contributed by atoms with Gasteiger partial charge in [0.05, 0.1) is 7.11 Å². The first kappa shape index (κ1) is 16.0. The number of hydrogen-bond donors (Lipinski definition) is 2. The summed E-state index contributed by atoms with van der Waals surface area (Å²) in [6, 6.07) is 6.93. The Labute approximate surface area is 128 Å². The second kappa shape index (κ2) is 5.78. The maximum absolute atomic E-state index is 12.5. The molecule has 0 bridgehead atoms. The van der Waals surface area contributed by atoms with Crippen LogP contribution in [0.15, 0.2) is 36.7 Å². The van der Waals surface area contributed by atoms with E-state index >= 15 is 0 Å². The van der Waals surface area contributed by atoms with E-state index in [0.29, 0.717) is 11.3 Å². The summed E-state index contributed by atoms with van der Waals surface area (Å²) < 4.78 is 5.07. The van der Waals surface area contributed by atoms with Crippen LogP contribution in [0.5, 0.6) is 5.75 Å². The van der Waals surface area contributed by atoms with E-state index in [9.17, 15) is 14.8 Å². The van der Waals surface area contributed by atoms with E-state index in [-0.39, 0.29) is 12.2 Å². The molecule has 118 valence electrons. The highest BCUT2D eigenvalue weighted by Gasteiger charge is 2.53. The zero-order valence-electron chi connectivity index (χ0n) is 12.8. The Hall–Kier alpha value is -2.38. The fourth-order valence-corrected chi connectivity index (χ4v) is 2.46. The minimum Gasteiger partial charge on any atom is -0.497 e. The van der Waals surface area contributed by atoms with Gasteiger partial charge in [-0.3, -0.25) is 19.4 Å². The molecule has 1 heterocycles. The molecule has 0 unspecified atom stereocenters. The molecule has 0 atom stereocenters. The van der Waals surface area contributed by atoms with Crippen molar-refractivity contribution in [2.45, 2.75) is 12.0 Å². The van der Waals surface area contributed by atoms with Crippen LogP contribution in [0.2, 0.25) is 0 Å². The van der Waals surface area contributed by atoms with Crippen LogP contribution in [0, 0.1) is 0 Å². The molecule has 1 aliphatic heterocycles. The number of ether oxygens (including phenoxy) is 1. The first-order chi connectivity index (χ1) is 10.4. The average Bonchev–Trinajstić information content (AvgIpc) is 2.56. The number of carbonyl (C=O) groups is 2. The lowest BCUT2D eigenvalue weighted by Gasteiger charge is -2.43. The maximum atomic E-state index is 12.5. The number of nitrogens with zero attached hydrogens (tertiary/aromatic N) is 2. The summed E-state index contributed by atoms with van der Waals surface area (Å²) in [6.07, 6.45) is 0.00706. The number of hydrogen-bond acceptors (Lipinski definition) is 5. The summed E-state index contributed by atoms with van der Waals surface area (Å²) in [5.41, 5.74) is 0.863. The summed E-state index contributed by atoms with van der Waals surface area (Å²) in [7, 11) is 4.57. The number of rotatable bonds is 4. The zero-order chi connectivity index (χ0) is 16.5. The molecule has 7 nitrogen and oxygen atoms in total. The van der Waals surface area contributed by atoms with E-state index in [0.717, 1.165) is 0 Å². The monoisotopic (exact) mass is 305 g/mol. The highest BCUT2D eigenvalue weighted by molar-refractivity contribution is 6.12. The third-order valence-corrected chi connectivity index (χ3v) is 3.93. The van der Waals surface area contributed by atoms with E-state index in [1.54, 1.807) is 31.4 Å². The van der Waals surface area contributed by atoms with E-state index in [2.05, 4.69) is 6.58 Å². The van der Waals surface area contributed by atoms with Crippen LogP contribution >= 0.6 is 0 Å². The summed E-state index contributed by atoms with van der Waals surface area (Å²) >= 11 is 0. The van der Waals surface area contributed by atoms with E-state index in [1.165, 1.54) is 23.9 Å². The van der Waals surface area contributed by atoms with Crippen molar-refractivity contribution in [3.63, 3.8) is 0 Å². The minimum atomic E-state index is -1.76. The number of methoxy groups -OCH3 is 1. The second-order valence-corrected chi connectivity index (χ2v) is 5.19. The van der Waals surface area contributed by atoms with Crippen molar-refractivity contribution in [3.05, 3.63) is 42.2 Å². The molecule has 1 aromatic carbocycles. The largest absolute Gasteiger partial charge is 0.497 e. The van der Waals surface area contributed by atoms with E-state index in [4.69, 9.17) is 4.74 Å². The normalized spacial score (nSPS) is 17.9. The molecular weight excluding hydrogens is 286 g/mol. The molecule has 0 aliphatic carbocycles. The van der Waals surface area contributed by atoms with Crippen LogP contribution in [-0.2, 0) is 16.0 Å². The van der Waals surface area contributed by atoms with Crippen LogP contribution in [-0.4, -0.2) is 53.6 Å². The molecule has 2 rings (SSSR count). The topological polar surface area (TPSA) is 82.1 Å². The predicted octanol–water partition coefficient (Wildman–Crippen LogP) is 0.357. The minimum absolute atomic E-state index is 0.00706. The lowest BCUT2D eigenvalue weighted by atomic mass is 9.87. The molecule has 1 aliphatic rings. The number of carbonyl (C=O) groups excluding carboxylic acids is 2. The Morgan fingerprint density at radius 1 is 1.18 bits per heavy atom. The Bertz CT molecular complexity index is 588. The van der Waals surface area contributed by atoms with Gasteiger partial charge in [0.2, 0.25) is 5.54 Å².